The average molecular weight is 425 g/mol. The van der Waals surface area contributed by atoms with E-state index in [1.165, 1.54) is 11.8 Å². The zero-order valence-corrected chi connectivity index (χ0v) is 17.9. The molecule has 0 fully saturated rings. The monoisotopic (exact) mass is 424 g/mol. The zero-order chi connectivity index (χ0) is 21.5. The summed E-state index contributed by atoms with van der Waals surface area (Å²) in [6.07, 6.45) is -0.854. The van der Waals surface area contributed by atoms with E-state index in [4.69, 9.17) is 4.74 Å². The highest BCUT2D eigenvalue weighted by Crippen LogP contribution is 2.27. The maximum atomic E-state index is 12.3. The standard InChI is InChI=1S/C22H24N4O3S/c1-15(2)23-21(28)16(3)29-19(27)14-30-22-25-24-20(17-10-6-4-7-11-17)26(22)18-12-8-5-9-13-18/h4-13,15-16H,14H2,1-3H3,(H,23,28). The lowest BCUT2D eigenvalue weighted by atomic mass is 10.2. The molecule has 0 bridgehead atoms. The van der Waals surface area contributed by atoms with E-state index in [-0.39, 0.29) is 17.7 Å². The predicted octanol–water partition coefficient (Wildman–Crippen LogP) is 3.48. The Morgan fingerprint density at radius 2 is 1.63 bits per heavy atom. The first-order valence-electron chi connectivity index (χ1n) is 9.64. The number of nitrogens with one attached hydrogen (secondary N) is 1. The van der Waals surface area contributed by atoms with E-state index in [1.54, 1.807) is 6.92 Å². The third-order valence-corrected chi connectivity index (χ3v) is 5.01. The number of hydrogen-bond donors (Lipinski definition) is 1. The van der Waals surface area contributed by atoms with E-state index in [0.29, 0.717) is 11.0 Å². The molecule has 30 heavy (non-hydrogen) atoms. The van der Waals surface area contributed by atoms with Gasteiger partial charge in [0, 0.05) is 17.3 Å². The Kier molecular flexibility index (Phi) is 7.24. The number of aromatic nitrogens is 3. The number of carbonyl (C=O) groups is 2. The third-order valence-electron chi connectivity index (χ3n) is 4.11. The molecule has 0 aliphatic carbocycles. The fourth-order valence-corrected chi connectivity index (χ4v) is 3.49. The number of benzene rings is 2. The lowest BCUT2D eigenvalue weighted by molar-refractivity contribution is -0.152. The zero-order valence-electron chi connectivity index (χ0n) is 17.1. The van der Waals surface area contributed by atoms with Gasteiger partial charge in [-0.3, -0.25) is 14.2 Å². The van der Waals surface area contributed by atoms with E-state index < -0.39 is 12.1 Å². The van der Waals surface area contributed by atoms with Gasteiger partial charge in [0.1, 0.15) is 0 Å². The number of rotatable bonds is 8. The van der Waals surface area contributed by atoms with Crippen molar-refractivity contribution >= 4 is 23.6 Å². The van der Waals surface area contributed by atoms with Crippen LogP contribution < -0.4 is 5.32 Å². The van der Waals surface area contributed by atoms with Crippen LogP contribution in [0.2, 0.25) is 0 Å². The second-order valence-electron chi connectivity index (χ2n) is 6.93. The van der Waals surface area contributed by atoms with Gasteiger partial charge in [0.15, 0.2) is 17.1 Å². The number of ether oxygens (including phenoxy) is 1. The molecular weight excluding hydrogens is 400 g/mol. The van der Waals surface area contributed by atoms with Crippen molar-refractivity contribution < 1.29 is 14.3 Å². The Balaban J connectivity index is 1.76. The van der Waals surface area contributed by atoms with Crippen LogP contribution in [0.3, 0.4) is 0 Å². The van der Waals surface area contributed by atoms with E-state index in [0.717, 1.165) is 11.3 Å². The molecule has 7 nitrogen and oxygen atoms in total. The number of esters is 1. The molecule has 8 heteroatoms. The van der Waals surface area contributed by atoms with Crippen LogP contribution in [-0.4, -0.2) is 44.5 Å². The number of thioether (sulfide) groups is 1. The van der Waals surface area contributed by atoms with E-state index in [9.17, 15) is 9.59 Å². The summed E-state index contributed by atoms with van der Waals surface area (Å²) >= 11 is 1.22. The molecule has 1 heterocycles. The van der Waals surface area contributed by atoms with Crippen LogP contribution in [0.25, 0.3) is 17.1 Å². The number of para-hydroxylation sites is 1. The molecule has 0 spiro atoms. The minimum atomic E-state index is -0.854. The molecule has 1 atom stereocenters. The Morgan fingerprint density at radius 3 is 2.27 bits per heavy atom. The van der Waals surface area contributed by atoms with Crippen molar-refractivity contribution in [3.8, 4) is 17.1 Å². The number of hydrogen-bond acceptors (Lipinski definition) is 6. The van der Waals surface area contributed by atoms with Gasteiger partial charge in [-0.1, -0.05) is 60.3 Å². The minimum Gasteiger partial charge on any atom is -0.452 e. The van der Waals surface area contributed by atoms with Gasteiger partial charge in [0.2, 0.25) is 0 Å². The normalized spacial score (nSPS) is 11.9. The van der Waals surface area contributed by atoms with Crippen molar-refractivity contribution in [3.05, 3.63) is 60.7 Å². The maximum absolute atomic E-state index is 12.3. The fraction of sp³-hybridized carbons (Fsp3) is 0.273. The highest BCUT2D eigenvalue weighted by atomic mass is 32.2. The Labute approximate surface area is 179 Å². The summed E-state index contributed by atoms with van der Waals surface area (Å²) in [5.41, 5.74) is 1.81. The van der Waals surface area contributed by atoms with Gasteiger partial charge in [0.05, 0.1) is 5.75 Å². The van der Waals surface area contributed by atoms with Gasteiger partial charge in [-0.25, -0.2) is 0 Å². The summed E-state index contributed by atoms with van der Waals surface area (Å²) in [6, 6.07) is 19.4. The van der Waals surface area contributed by atoms with E-state index >= 15 is 0 Å². The summed E-state index contributed by atoms with van der Waals surface area (Å²) < 4.78 is 7.15. The van der Waals surface area contributed by atoms with Gasteiger partial charge in [-0.2, -0.15) is 0 Å². The Hall–Kier alpha value is -3.13. The molecule has 1 aromatic heterocycles. The lowest BCUT2D eigenvalue weighted by Gasteiger charge is -2.15. The summed E-state index contributed by atoms with van der Waals surface area (Å²) in [7, 11) is 0. The second-order valence-corrected chi connectivity index (χ2v) is 7.87. The topological polar surface area (TPSA) is 86.1 Å². The molecule has 0 saturated carbocycles. The molecule has 1 unspecified atom stereocenters. The molecule has 0 saturated heterocycles. The van der Waals surface area contributed by atoms with E-state index in [1.807, 2.05) is 79.1 Å². The Bertz CT molecular complexity index is 990. The molecule has 1 amide bonds. The molecule has 1 N–H and O–H groups in total. The van der Waals surface area contributed by atoms with Crippen molar-refractivity contribution in [1.82, 2.24) is 20.1 Å². The van der Waals surface area contributed by atoms with Crippen molar-refractivity contribution in [3.63, 3.8) is 0 Å². The summed E-state index contributed by atoms with van der Waals surface area (Å²) in [5, 5.41) is 11.9. The average Bonchev–Trinajstić information content (AvgIpc) is 3.17. The van der Waals surface area contributed by atoms with Crippen LogP contribution in [-0.2, 0) is 14.3 Å². The quantitative estimate of drug-likeness (QED) is 0.440. The summed E-state index contributed by atoms with van der Waals surface area (Å²) in [5.74, 6) is -0.112. The van der Waals surface area contributed by atoms with Crippen LogP contribution >= 0.6 is 11.8 Å². The van der Waals surface area contributed by atoms with Crippen LogP contribution in [0.5, 0.6) is 0 Å². The predicted molar refractivity (Wildman–Crippen MR) is 116 cm³/mol. The highest BCUT2D eigenvalue weighted by molar-refractivity contribution is 7.99. The molecule has 156 valence electrons. The van der Waals surface area contributed by atoms with Gasteiger partial charge in [0.25, 0.3) is 5.91 Å². The first-order chi connectivity index (χ1) is 14.5. The van der Waals surface area contributed by atoms with Crippen molar-refractivity contribution in [2.24, 2.45) is 0 Å². The molecular formula is C22H24N4O3S. The van der Waals surface area contributed by atoms with Crippen LogP contribution in [0.15, 0.2) is 65.8 Å². The summed E-state index contributed by atoms with van der Waals surface area (Å²) in [4.78, 5) is 24.2. The first kappa shape index (κ1) is 21.6. The highest BCUT2D eigenvalue weighted by Gasteiger charge is 2.21. The van der Waals surface area contributed by atoms with E-state index in [2.05, 4.69) is 15.5 Å². The number of amides is 1. The first-order valence-corrected chi connectivity index (χ1v) is 10.6. The smallest absolute Gasteiger partial charge is 0.317 e. The number of carbonyl (C=O) groups excluding carboxylic acids is 2. The molecule has 3 aromatic rings. The minimum absolute atomic E-state index is 0.0130. The van der Waals surface area contributed by atoms with Crippen molar-refractivity contribution in [1.29, 1.82) is 0 Å². The molecule has 0 aliphatic heterocycles. The molecule has 2 aromatic carbocycles. The summed E-state index contributed by atoms with van der Waals surface area (Å²) in [6.45, 7) is 5.26. The molecule has 3 rings (SSSR count). The SMILES string of the molecule is CC(C)NC(=O)C(C)OC(=O)CSc1nnc(-c2ccccc2)n1-c1ccccc1. The number of nitrogens with zero attached hydrogens (tertiary/aromatic N) is 3. The lowest BCUT2D eigenvalue weighted by Crippen LogP contribution is -2.39. The Morgan fingerprint density at radius 1 is 1.00 bits per heavy atom. The van der Waals surface area contributed by atoms with Crippen molar-refractivity contribution in [2.75, 3.05) is 5.75 Å². The largest absolute Gasteiger partial charge is 0.452 e. The van der Waals surface area contributed by atoms with Crippen LogP contribution in [0.1, 0.15) is 20.8 Å². The van der Waals surface area contributed by atoms with Gasteiger partial charge < -0.3 is 10.1 Å². The van der Waals surface area contributed by atoms with Gasteiger partial charge in [-0.15, -0.1) is 10.2 Å². The molecule has 0 aliphatic rings. The second kappa shape index (κ2) is 10.1. The van der Waals surface area contributed by atoms with Crippen molar-refractivity contribution in [2.45, 2.75) is 38.1 Å². The fourth-order valence-electron chi connectivity index (χ4n) is 2.76. The van der Waals surface area contributed by atoms with Crippen LogP contribution in [0, 0.1) is 0 Å². The molecule has 0 radical (unpaired) electrons. The third kappa shape index (κ3) is 5.48. The van der Waals surface area contributed by atoms with Crippen LogP contribution in [0.4, 0.5) is 0 Å². The van der Waals surface area contributed by atoms with Gasteiger partial charge in [-0.05, 0) is 32.9 Å². The van der Waals surface area contributed by atoms with Gasteiger partial charge >= 0.3 is 5.97 Å². The maximum Gasteiger partial charge on any atom is 0.317 e.